The molecule has 1 aromatic heterocycles. The molecule has 1 saturated carbocycles. The zero-order chi connectivity index (χ0) is 15.2. The summed E-state index contributed by atoms with van der Waals surface area (Å²) in [5.74, 6) is 0.249. The van der Waals surface area contributed by atoms with E-state index in [1.54, 1.807) is 0 Å². The van der Waals surface area contributed by atoms with Gasteiger partial charge in [-0.2, -0.15) is 0 Å². The van der Waals surface area contributed by atoms with Crippen molar-refractivity contribution in [2.45, 2.75) is 70.9 Å². The molecular formula is C15H26N4OS. The predicted molar refractivity (Wildman–Crippen MR) is 88.9 cm³/mol. The molecule has 0 unspecified atom stereocenters. The van der Waals surface area contributed by atoms with Crippen molar-refractivity contribution in [3.63, 3.8) is 0 Å². The lowest BCUT2D eigenvalue weighted by Gasteiger charge is -2.20. The molecule has 21 heavy (non-hydrogen) atoms. The Morgan fingerprint density at radius 1 is 1.24 bits per heavy atom. The van der Waals surface area contributed by atoms with Crippen molar-refractivity contribution < 1.29 is 4.79 Å². The second-order valence-electron chi connectivity index (χ2n) is 6.05. The Morgan fingerprint density at radius 2 is 1.86 bits per heavy atom. The van der Waals surface area contributed by atoms with Gasteiger partial charge in [0.15, 0.2) is 5.13 Å². The number of thiazole rings is 1. The lowest BCUT2D eigenvalue weighted by atomic mass is 9.97. The van der Waals surface area contributed by atoms with Crippen LogP contribution in [0.4, 0.5) is 10.9 Å². The average Bonchev–Trinajstić information content (AvgIpc) is 2.72. The van der Waals surface area contributed by atoms with Crippen molar-refractivity contribution >= 4 is 28.2 Å². The van der Waals surface area contributed by atoms with Crippen LogP contribution in [0.15, 0.2) is 0 Å². The third-order valence-corrected chi connectivity index (χ3v) is 4.71. The first kappa shape index (κ1) is 16.1. The molecule has 1 aromatic rings. The average molecular weight is 310 g/mol. The fraction of sp³-hybridized carbons (Fsp3) is 0.733. The van der Waals surface area contributed by atoms with E-state index in [1.165, 1.54) is 43.4 Å². The van der Waals surface area contributed by atoms with Gasteiger partial charge in [-0.05, 0) is 26.7 Å². The minimum absolute atomic E-state index is 0.0765. The van der Waals surface area contributed by atoms with Crippen molar-refractivity contribution in [1.82, 2.24) is 10.3 Å². The van der Waals surface area contributed by atoms with Crippen LogP contribution in [0.25, 0.3) is 0 Å². The molecule has 1 heterocycles. The van der Waals surface area contributed by atoms with Gasteiger partial charge in [0.25, 0.3) is 5.91 Å². The molecule has 1 aliphatic carbocycles. The molecule has 0 aromatic carbocycles. The highest BCUT2D eigenvalue weighted by Crippen LogP contribution is 2.26. The minimum atomic E-state index is -0.0765. The van der Waals surface area contributed by atoms with Gasteiger partial charge >= 0.3 is 0 Å². The van der Waals surface area contributed by atoms with E-state index in [-0.39, 0.29) is 18.0 Å². The summed E-state index contributed by atoms with van der Waals surface area (Å²) >= 11 is 1.33. The monoisotopic (exact) mass is 310 g/mol. The number of aromatic nitrogens is 1. The number of rotatable bonds is 4. The van der Waals surface area contributed by atoms with Crippen LogP contribution in [0.1, 0.15) is 68.5 Å². The van der Waals surface area contributed by atoms with E-state index in [0.717, 1.165) is 12.8 Å². The van der Waals surface area contributed by atoms with Gasteiger partial charge in [0.1, 0.15) is 10.7 Å². The first-order chi connectivity index (χ1) is 10.1. The second kappa shape index (κ2) is 7.64. The number of anilines is 2. The first-order valence-corrected chi connectivity index (χ1v) is 8.71. The van der Waals surface area contributed by atoms with Gasteiger partial charge < -0.3 is 16.4 Å². The summed E-state index contributed by atoms with van der Waals surface area (Å²) in [6.07, 6.45) is 8.41. The summed E-state index contributed by atoms with van der Waals surface area (Å²) in [5, 5.41) is 7.04. The van der Waals surface area contributed by atoms with Crippen molar-refractivity contribution in [3.8, 4) is 0 Å². The normalized spacial score (nSPS) is 17.3. The summed E-state index contributed by atoms with van der Waals surface area (Å²) in [4.78, 5) is 17.1. The third kappa shape index (κ3) is 4.88. The van der Waals surface area contributed by atoms with E-state index in [0.29, 0.717) is 15.8 Å². The molecule has 1 amide bonds. The van der Waals surface area contributed by atoms with Crippen LogP contribution in [0.5, 0.6) is 0 Å². The molecule has 4 N–H and O–H groups in total. The molecule has 0 bridgehead atoms. The van der Waals surface area contributed by atoms with Gasteiger partial charge in [-0.1, -0.05) is 43.4 Å². The van der Waals surface area contributed by atoms with E-state index in [1.807, 2.05) is 13.8 Å². The summed E-state index contributed by atoms with van der Waals surface area (Å²) < 4.78 is 0. The molecule has 1 aliphatic rings. The highest BCUT2D eigenvalue weighted by molar-refractivity contribution is 7.18. The largest absolute Gasteiger partial charge is 0.382 e. The Hall–Kier alpha value is -1.30. The Bertz CT molecular complexity index is 464. The van der Waals surface area contributed by atoms with Gasteiger partial charge in [0.2, 0.25) is 0 Å². The number of nitrogens with two attached hydrogens (primary N) is 1. The van der Waals surface area contributed by atoms with Gasteiger partial charge in [-0.25, -0.2) is 4.98 Å². The number of nitrogens with zero attached hydrogens (tertiary/aromatic N) is 1. The maximum Gasteiger partial charge on any atom is 0.265 e. The summed E-state index contributed by atoms with van der Waals surface area (Å²) in [6, 6.07) is 0.554. The third-order valence-electron chi connectivity index (χ3n) is 3.71. The van der Waals surface area contributed by atoms with E-state index in [4.69, 9.17) is 5.73 Å². The predicted octanol–water partition coefficient (Wildman–Crippen LogP) is 3.39. The van der Waals surface area contributed by atoms with Crippen molar-refractivity contribution in [2.75, 3.05) is 11.1 Å². The number of nitrogen functional groups attached to an aromatic ring is 1. The molecule has 0 saturated heterocycles. The smallest absolute Gasteiger partial charge is 0.265 e. The highest BCUT2D eigenvalue weighted by atomic mass is 32.1. The zero-order valence-corrected chi connectivity index (χ0v) is 13.8. The number of hydrogen-bond donors (Lipinski definition) is 3. The topological polar surface area (TPSA) is 80.0 Å². The lowest BCUT2D eigenvalue weighted by Crippen LogP contribution is -2.35. The number of amides is 1. The molecule has 118 valence electrons. The van der Waals surface area contributed by atoms with Crippen LogP contribution in [0, 0.1) is 0 Å². The van der Waals surface area contributed by atoms with Gasteiger partial charge in [0.05, 0.1) is 0 Å². The summed E-state index contributed by atoms with van der Waals surface area (Å²) in [7, 11) is 0. The molecule has 0 spiro atoms. The first-order valence-electron chi connectivity index (χ1n) is 7.90. The molecule has 1 fully saturated rings. The van der Waals surface area contributed by atoms with Crippen LogP contribution in [-0.4, -0.2) is 23.0 Å². The Labute approximate surface area is 130 Å². The fourth-order valence-electron chi connectivity index (χ4n) is 2.65. The molecule has 0 atom stereocenters. The molecule has 6 heteroatoms. The Morgan fingerprint density at radius 3 is 2.48 bits per heavy atom. The summed E-state index contributed by atoms with van der Waals surface area (Å²) in [6.45, 7) is 4.07. The van der Waals surface area contributed by atoms with Gasteiger partial charge in [-0.3, -0.25) is 4.79 Å². The van der Waals surface area contributed by atoms with Crippen molar-refractivity contribution in [2.24, 2.45) is 0 Å². The Balaban J connectivity index is 1.97. The molecular weight excluding hydrogens is 284 g/mol. The van der Waals surface area contributed by atoms with Crippen LogP contribution < -0.4 is 16.4 Å². The van der Waals surface area contributed by atoms with E-state index >= 15 is 0 Å². The van der Waals surface area contributed by atoms with Crippen molar-refractivity contribution in [1.29, 1.82) is 0 Å². The van der Waals surface area contributed by atoms with E-state index < -0.39 is 0 Å². The minimum Gasteiger partial charge on any atom is -0.382 e. The maximum absolute atomic E-state index is 12.4. The van der Waals surface area contributed by atoms with Crippen LogP contribution >= 0.6 is 11.3 Å². The Kier molecular flexibility index (Phi) is 5.85. The molecule has 0 aliphatic heterocycles. The van der Waals surface area contributed by atoms with Gasteiger partial charge in [-0.15, -0.1) is 0 Å². The van der Waals surface area contributed by atoms with Crippen molar-refractivity contribution in [3.05, 3.63) is 4.88 Å². The lowest BCUT2D eigenvalue weighted by molar-refractivity contribution is 0.0935. The fourth-order valence-corrected chi connectivity index (χ4v) is 3.59. The summed E-state index contributed by atoms with van der Waals surface area (Å²) in [5.41, 5.74) is 5.88. The maximum atomic E-state index is 12.4. The van der Waals surface area contributed by atoms with E-state index in [9.17, 15) is 4.79 Å². The number of hydrogen-bond acceptors (Lipinski definition) is 5. The quantitative estimate of drug-likeness (QED) is 0.796. The number of carbonyl (C=O) groups excluding carboxylic acids is 1. The SMILES string of the molecule is CC(C)Nc1nc(N)c(C(=O)NC2CCCCCCC2)s1. The van der Waals surface area contributed by atoms with Crippen LogP contribution in [0.3, 0.4) is 0 Å². The molecule has 2 rings (SSSR count). The zero-order valence-electron chi connectivity index (χ0n) is 12.9. The highest BCUT2D eigenvalue weighted by Gasteiger charge is 2.20. The van der Waals surface area contributed by atoms with Crippen LogP contribution in [0.2, 0.25) is 0 Å². The van der Waals surface area contributed by atoms with E-state index in [2.05, 4.69) is 15.6 Å². The molecule has 5 nitrogen and oxygen atoms in total. The second-order valence-corrected chi connectivity index (χ2v) is 7.05. The van der Waals surface area contributed by atoms with Gasteiger partial charge in [0, 0.05) is 12.1 Å². The number of nitrogens with one attached hydrogen (secondary N) is 2. The number of carbonyl (C=O) groups is 1. The molecule has 0 radical (unpaired) electrons. The van der Waals surface area contributed by atoms with Crippen LogP contribution in [-0.2, 0) is 0 Å². The standard InChI is InChI=1S/C15H26N4OS/c1-10(2)17-15-19-13(16)12(21-15)14(20)18-11-8-6-4-3-5-7-9-11/h10-11H,3-9,16H2,1-2H3,(H,17,19)(H,18,20).